The summed E-state index contributed by atoms with van der Waals surface area (Å²) in [5, 5.41) is 6.33. The number of aromatic nitrogens is 2. The van der Waals surface area contributed by atoms with Gasteiger partial charge in [0.15, 0.2) is 0 Å². The number of amides is 1. The molecule has 2 aromatic carbocycles. The summed E-state index contributed by atoms with van der Waals surface area (Å²) in [5.74, 6) is 0.346. The molecule has 1 amide bonds. The first kappa shape index (κ1) is 28.1. The van der Waals surface area contributed by atoms with Crippen LogP contribution in [0.1, 0.15) is 53.5 Å². The first-order chi connectivity index (χ1) is 18.8. The van der Waals surface area contributed by atoms with Crippen LogP contribution in [0.25, 0.3) is 5.57 Å². The molecule has 1 atom stereocenters. The molecule has 0 saturated heterocycles. The Hall–Kier alpha value is -3.88. The molecule has 4 rings (SSSR count). The lowest BCUT2D eigenvalue weighted by Gasteiger charge is -2.27. The molecule has 1 aliphatic heterocycles. The Bertz CT molecular complexity index is 1330. The average Bonchev–Trinajstić information content (AvgIpc) is 2.97. The molecule has 0 fully saturated rings. The van der Waals surface area contributed by atoms with Gasteiger partial charge in [0.1, 0.15) is 0 Å². The zero-order valence-electron chi connectivity index (χ0n) is 23.6. The fraction of sp³-hybridized carbons (Fsp3) is 0.355. The molecule has 2 heterocycles. The van der Waals surface area contributed by atoms with E-state index in [2.05, 4.69) is 69.4 Å². The third-order valence-corrected chi connectivity index (χ3v) is 7.24. The SMILES string of the molecule is CCN(C)CCN(C)C(C)c1ccc(C(=O)Nc2ccc(C)c(Nc3nccc(C4=CCCN=C4)n3)c2)cc1. The number of anilines is 3. The number of benzene rings is 2. The lowest BCUT2D eigenvalue weighted by atomic mass is 10.0. The van der Waals surface area contributed by atoms with E-state index in [1.807, 2.05) is 61.7 Å². The van der Waals surface area contributed by atoms with Gasteiger partial charge in [-0.3, -0.25) is 14.7 Å². The Morgan fingerprint density at radius 3 is 2.59 bits per heavy atom. The van der Waals surface area contributed by atoms with Crippen molar-refractivity contribution in [3.8, 4) is 0 Å². The van der Waals surface area contributed by atoms with Crippen LogP contribution in [0.5, 0.6) is 0 Å². The van der Waals surface area contributed by atoms with Gasteiger partial charge in [0.2, 0.25) is 5.95 Å². The second-order valence-corrected chi connectivity index (χ2v) is 10.0. The van der Waals surface area contributed by atoms with Gasteiger partial charge in [-0.25, -0.2) is 9.97 Å². The monoisotopic (exact) mass is 525 g/mol. The summed E-state index contributed by atoms with van der Waals surface area (Å²) >= 11 is 0. The number of hydrogen-bond donors (Lipinski definition) is 2. The van der Waals surface area contributed by atoms with Crippen LogP contribution in [0.4, 0.5) is 17.3 Å². The van der Waals surface area contributed by atoms with Gasteiger partial charge in [0, 0.05) is 60.6 Å². The van der Waals surface area contributed by atoms with Gasteiger partial charge in [-0.2, -0.15) is 0 Å². The Labute approximate surface area is 231 Å². The van der Waals surface area contributed by atoms with Crippen LogP contribution >= 0.6 is 0 Å². The molecule has 2 N–H and O–H groups in total. The lowest BCUT2D eigenvalue weighted by molar-refractivity contribution is 0.102. The minimum atomic E-state index is -0.149. The van der Waals surface area contributed by atoms with E-state index in [0.29, 0.717) is 17.2 Å². The predicted octanol–water partition coefficient (Wildman–Crippen LogP) is 5.58. The summed E-state index contributed by atoms with van der Waals surface area (Å²) < 4.78 is 0. The Balaban J connectivity index is 1.40. The molecule has 8 heteroatoms. The number of carbonyl (C=O) groups is 1. The van der Waals surface area contributed by atoms with Crippen molar-refractivity contribution < 1.29 is 4.79 Å². The maximum Gasteiger partial charge on any atom is 0.255 e. The first-order valence-electron chi connectivity index (χ1n) is 13.5. The molecule has 1 aliphatic rings. The highest BCUT2D eigenvalue weighted by atomic mass is 16.1. The molecule has 0 bridgehead atoms. The van der Waals surface area contributed by atoms with E-state index in [9.17, 15) is 4.79 Å². The summed E-state index contributed by atoms with van der Waals surface area (Å²) in [4.78, 5) is 31.0. The van der Waals surface area contributed by atoms with E-state index in [1.54, 1.807) is 6.20 Å². The van der Waals surface area contributed by atoms with Crippen LogP contribution in [0.2, 0.25) is 0 Å². The molecule has 1 unspecified atom stereocenters. The topological polar surface area (TPSA) is 85.8 Å². The highest BCUT2D eigenvalue weighted by Gasteiger charge is 2.14. The van der Waals surface area contributed by atoms with Crippen molar-refractivity contribution in [2.75, 3.05) is 50.9 Å². The molecule has 1 aromatic heterocycles. The lowest BCUT2D eigenvalue weighted by Crippen LogP contribution is -2.32. The number of carbonyl (C=O) groups excluding carboxylic acids is 1. The van der Waals surface area contributed by atoms with E-state index in [-0.39, 0.29) is 11.9 Å². The number of aryl methyl sites for hydroxylation is 1. The molecular formula is C31H39N7O. The smallest absolute Gasteiger partial charge is 0.255 e. The molecule has 0 radical (unpaired) electrons. The molecule has 204 valence electrons. The van der Waals surface area contributed by atoms with Gasteiger partial charge < -0.3 is 15.5 Å². The number of nitrogens with zero attached hydrogens (tertiary/aromatic N) is 5. The minimum Gasteiger partial charge on any atom is -0.324 e. The fourth-order valence-electron chi connectivity index (χ4n) is 4.27. The maximum absolute atomic E-state index is 13.0. The molecule has 8 nitrogen and oxygen atoms in total. The van der Waals surface area contributed by atoms with Crippen molar-refractivity contribution in [3.05, 3.63) is 83.2 Å². The Kier molecular flexibility index (Phi) is 9.57. The van der Waals surface area contributed by atoms with Crippen molar-refractivity contribution in [1.82, 2.24) is 19.8 Å². The van der Waals surface area contributed by atoms with Crippen molar-refractivity contribution in [2.45, 2.75) is 33.2 Å². The van der Waals surface area contributed by atoms with Crippen LogP contribution in [0.3, 0.4) is 0 Å². The standard InChI is InChI=1S/C31H39N7O/c1-6-37(4)18-19-38(5)23(3)24-10-12-25(13-11-24)30(39)34-27-14-9-22(2)29(20-27)36-31-33-17-15-28(35-31)26-8-7-16-32-21-26/h8-15,17,20-21,23H,6-7,16,18-19H2,1-5H3,(H,34,39)(H,33,35,36). The van der Waals surface area contributed by atoms with Crippen molar-refractivity contribution in [3.63, 3.8) is 0 Å². The number of hydrogen-bond acceptors (Lipinski definition) is 7. The Morgan fingerprint density at radius 2 is 1.87 bits per heavy atom. The van der Waals surface area contributed by atoms with Crippen LogP contribution in [0, 0.1) is 6.92 Å². The van der Waals surface area contributed by atoms with Gasteiger partial charge in [0.25, 0.3) is 5.91 Å². The van der Waals surface area contributed by atoms with E-state index >= 15 is 0 Å². The second-order valence-electron chi connectivity index (χ2n) is 10.0. The number of aliphatic imine (C=N–C) groups is 1. The molecule has 3 aromatic rings. The number of likely N-dealkylation sites (N-methyl/N-ethyl adjacent to an activating group) is 2. The second kappa shape index (κ2) is 13.3. The van der Waals surface area contributed by atoms with E-state index in [4.69, 9.17) is 0 Å². The van der Waals surface area contributed by atoms with Crippen LogP contribution in [-0.2, 0) is 0 Å². The number of dihydropyridines is 1. The highest BCUT2D eigenvalue weighted by Crippen LogP contribution is 2.25. The average molecular weight is 526 g/mol. The fourth-order valence-corrected chi connectivity index (χ4v) is 4.27. The highest BCUT2D eigenvalue weighted by molar-refractivity contribution is 6.09. The predicted molar refractivity (Wildman–Crippen MR) is 161 cm³/mol. The number of rotatable bonds is 11. The number of allylic oxidation sites excluding steroid dienone is 1. The van der Waals surface area contributed by atoms with Crippen LogP contribution in [-0.4, -0.2) is 72.2 Å². The van der Waals surface area contributed by atoms with Gasteiger partial charge in [-0.15, -0.1) is 0 Å². The molecule has 39 heavy (non-hydrogen) atoms. The van der Waals surface area contributed by atoms with Gasteiger partial charge in [-0.1, -0.05) is 31.2 Å². The van der Waals surface area contributed by atoms with Crippen molar-refractivity contribution in [2.24, 2.45) is 4.99 Å². The quantitative estimate of drug-likeness (QED) is 0.340. The summed E-state index contributed by atoms with van der Waals surface area (Å²) in [5.41, 5.74) is 6.19. The van der Waals surface area contributed by atoms with Crippen LogP contribution < -0.4 is 10.6 Å². The molecule has 0 spiro atoms. The van der Waals surface area contributed by atoms with Gasteiger partial charge >= 0.3 is 0 Å². The van der Waals surface area contributed by atoms with E-state index < -0.39 is 0 Å². The third kappa shape index (κ3) is 7.59. The zero-order chi connectivity index (χ0) is 27.8. The maximum atomic E-state index is 13.0. The minimum absolute atomic E-state index is 0.149. The normalized spacial score (nSPS) is 13.9. The van der Waals surface area contributed by atoms with Crippen molar-refractivity contribution in [1.29, 1.82) is 0 Å². The molecular weight excluding hydrogens is 486 g/mol. The number of nitrogens with one attached hydrogen (secondary N) is 2. The summed E-state index contributed by atoms with van der Waals surface area (Å²) in [6.07, 6.45) is 6.64. The summed E-state index contributed by atoms with van der Waals surface area (Å²) in [6.45, 7) is 10.2. The van der Waals surface area contributed by atoms with Crippen LogP contribution in [0.15, 0.2) is 65.8 Å². The molecule has 0 aliphatic carbocycles. The van der Waals surface area contributed by atoms with E-state index in [1.165, 1.54) is 5.56 Å². The third-order valence-electron chi connectivity index (χ3n) is 7.24. The van der Waals surface area contributed by atoms with E-state index in [0.717, 1.165) is 55.1 Å². The summed E-state index contributed by atoms with van der Waals surface area (Å²) in [6, 6.07) is 15.8. The molecule has 0 saturated carbocycles. The van der Waals surface area contributed by atoms with Crippen molar-refractivity contribution >= 4 is 35.0 Å². The van der Waals surface area contributed by atoms with Gasteiger partial charge in [0.05, 0.1) is 5.69 Å². The summed E-state index contributed by atoms with van der Waals surface area (Å²) in [7, 11) is 4.27. The largest absolute Gasteiger partial charge is 0.324 e. The zero-order valence-corrected chi connectivity index (χ0v) is 23.6. The Morgan fingerprint density at radius 1 is 1.08 bits per heavy atom. The van der Waals surface area contributed by atoms with Gasteiger partial charge in [-0.05, 0) is 82.4 Å². The first-order valence-corrected chi connectivity index (χ1v) is 13.5.